The van der Waals surface area contributed by atoms with E-state index in [1.165, 1.54) is 43.4 Å². The lowest BCUT2D eigenvalue weighted by atomic mass is 9.97. The van der Waals surface area contributed by atoms with E-state index in [-0.39, 0.29) is 0 Å². The summed E-state index contributed by atoms with van der Waals surface area (Å²) < 4.78 is 2.33. The summed E-state index contributed by atoms with van der Waals surface area (Å²) in [5.41, 5.74) is 11.0. The van der Waals surface area contributed by atoms with E-state index in [0.29, 0.717) is 0 Å². The number of aromatic amines is 1. The predicted molar refractivity (Wildman–Crippen MR) is 166 cm³/mol. The van der Waals surface area contributed by atoms with Crippen molar-refractivity contribution in [2.75, 3.05) is 0 Å². The number of fused-ring (bicyclic) bond motifs is 10. The van der Waals surface area contributed by atoms with Crippen LogP contribution in [0.5, 0.6) is 0 Å². The molecule has 5 aromatic heterocycles. The smallest absolute Gasteiger partial charge is 0.138 e. The number of pyridine rings is 2. The molecule has 9 aromatic rings. The normalized spacial score (nSPS) is 13.3. The van der Waals surface area contributed by atoms with E-state index in [0.717, 1.165) is 62.5 Å². The van der Waals surface area contributed by atoms with Crippen LogP contribution in [-0.4, -0.2) is 19.4 Å². The van der Waals surface area contributed by atoms with Gasteiger partial charge in [0.1, 0.15) is 5.65 Å². The minimum atomic E-state index is 0.930. The lowest BCUT2D eigenvalue weighted by Gasteiger charge is -2.14. The van der Waals surface area contributed by atoms with Crippen molar-refractivity contribution >= 4 is 82.0 Å². The third-order valence-electron chi connectivity index (χ3n) is 8.99. The summed E-state index contributed by atoms with van der Waals surface area (Å²) in [7, 11) is 0. The maximum absolute atomic E-state index is 5.36. The molecule has 40 heavy (non-hydrogen) atoms. The number of benzene rings is 4. The summed E-state index contributed by atoms with van der Waals surface area (Å²) in [5, 5.41) is 8.41. The first kappa shape index (κ1) is 20.7. The second kappa shape index (κ2) is 7.25. The molecule has 1 aliphatic rings. The zero-order valence-corrected chi connectivity index (χ0v) is 21.6. The lowest BCUT2D eigenvalue weighted by Crippen LogP contribution is -2.03. The molecule has 0 saturated heterocycles. The van der Waals surface area contributed by atoms with Crippen LogP contribution in [0.1, 0.15) is 11.1 Å². The van der Waals surface area contributed by atoms with Crippen molar-refractivity contribution in [2.45, 2.75) is 12.8 Å². The summed E-state index contributed by atoms with van der Waals surface area (Å²) in [6.45, 7) is 0. The largest absolute Gasteiger partial charge is 0.353 e. The number of aryl methyl sites for hydroxylation is 2. The number of para-hydroxylation sites is 3. The molecule has 0 radical (unpaired) electrons. The number of hydrogen-bond acceptors (Lipinski definition) is 2. The first-order chi connectivity index (χ1) is 19.8. The Morgan fingerprint density at radius 1 is 0.525 bits per heavy atom. The fourth-order valence-electron chi connectivity index (χ4n) is 7.11. The predicted octanol–water partition coefficient (Wildman–Crippen LogP) is 8.79. The Bertz CT molecular complexity index is 2600. The average Bonchev–Trinajstić information content (AvgIpc) is 3.55. The van der Waals surface area contributed by atoms with Crippen LogP contribution in [0.2, 0.25) is 0 Å². The van der Waals surface area contributed by atoms with Gasteiger partial charge in [-0.15, -0.1) is 0 Å². The molecule has 0 fully saturated rings. The quantitative estimate of drug-likeness (QED) is 0.222. The second-order valence-electron chi connectivity index (χ2n) is 11.0. The zero-order valence-electron chi connectivity index (χ0n) is 21.6. The lowest BCUT2D eigenvalue weighted by molar-refractivity contribution is 0.952. The van der Waals surface area contributed by atoms with Gasteiger partial charge in [-0.3, -0.25) is 4.40 Å². The highest BCUT2D eigenvalue weighted by Gasteiger charge is 2.17. The first-order valence-electron chi connectivity index (χ1n) is 13.9. The van der Waals surface area contributed by atoms with Crippen LogP contribution < -0.4 is 0 Å². The van der Waals surface area contributed by atoms with Crippen LogP contribution in [0.15, 0.2) is 103 Å². The Labute approximate surface area is 228 Å². The molecule has 0 saturated carbocycles. The fraction of sp³-hybridized carbons (Fsp3) is 0.0556. The molecule has 5 heterocycles. The molecule has 0 atom stereocenters. The van der Waals surface area contributed by atoms with Crippen LogP contribution >= 0.6 is 0 Å². The topological polar surface area (TPSA) is 46.0 Å². The van der Waals surface area contributed by atoms with Gasteiger partial charge < -0.3 is 4.98 Å². The van der Waals surface area contributed by atoms with Crippen molar-refractivity contribution in [1.82, 2.24) is 19.4 Å². The average molecular weight is 511 g/mol. The van der Waals surface area contributed by atoms with Gasteiger partial charge in [-0.25, -0.2) is 9.97 Å². The molecule has 0 amide bonds. The Balaban J connectivity index is 1.58. The molecule has 0 spiro atoms. The number of hydrogen-bond donors (Lipinski definition) is 1. The molecule has 8 bridgehead atoms. The van der Waals surface area contributed by atoms with Crippen LogP contribution in [0.4, 0.5) is 0 Å². The van der Waals surface area contributed by atoms with Gasteiger partial charge in [0, 0.05) is 32.3 Å². The molecular formula is C36H22N4. The van der Waals surface area contributed by atoms with Crippen LogP contribution in [0.25, 0.3) is 82.0 Å². The highest BCUT2D eigenvalue weighted by molar-refractivity contribution is 6.21. The Morgan fingerprint density at radius 3 is 2.08 bits per heavy atom. The van der Waals surface area contributed by atoms with Gasteiger partial charge in [-0.1, -0.05) is 78.9 Å². The molecule has 1 aliphatic carbocycles. The molecule has 4 aromatic carbocycles. The standard InChI is InChI=1S/C36H22N4/c1-2-10-30-24(5-1)25-16-13-22-19-31(25)40(30)32-18-15-21-12-11-20-14-17-29(37-33(20)34(21)38-32)28-9-4-8-27-26-7-3-6-23(22)35(26)39-36(27)28/h1-10,13-19,39H,11-12H2. The monoisotopic (exact) mass is 510 g/mol. The van der Waals surface area contributed by atoms with Crippen molar-refractivity contribution in [3.63, 3.8) is 0 Å². The van der Waals surface area contributed by atoms with Gasteiger partial charge in [0.15, 0.2) is 0 Å². The maximum Gasteiger partial charge on any atom is 0.138 e. The summed E-state index contributed by atoms with van der Waals surface area (Å²) in [6, 6.07) is 37.6. The number of nitrogens with zero attached hydrogens (tertiary/aromatic N) is 3. The second-order valence-corrected chi connectivity index (χ2v) is 11.0. The Hall–Kier alpha value is -5.22. The Kier molecular flexibility index (Phi) is 3.75. The molecule has 4 nitrogen and oxygen atoms in total. The summed E-state index contributed by atoms with van der Waals surface area (Å²) in [4.78, 5) is 14.5. The van der Waals surface area contributed by atoms with Gasteiger partial charge in [0.05, 0.1) is 38.6 Å². The van der Waals surface area contributed by atoms with Gasteiger partial charge in [-0.05, 0) is 53.6 Å². The third kappa shape index (κ3) is 2.56. The number of aromatic nitrogens is 4. The molecule has 1 N–H and O–H groups in total. The van der Waals surface area contributed by atoms with E-state index in [1.54, 1.807) is 0 Å². The summed E-state index contributed by atoms with van der Waals surface area (Å²) in [5.74, 6) is 0. The van der Waals surface area contributed by atoms with Crippen molar-refractivity contribution in [2.24, 2.45) is 0 Å². The van der Waals surface area contributed by atoms with Crippen molar-refractivity contribution < 1.29 is 0 Å². The van der Waals surface area contributed by atoms with Gasteiger partial charge >= 0.3 is 0 Å². The van der Waals surface area contributed by atoms with Crippen molar-refractivity contribution in [3.05, 3.63) is 114 Å². The van der Waals surface area contributed by atoms with E-state index >= 15 is 0 Å². The van der Waals surface area contributed by atoms with Crippen LogP contribution in [0.3, 0.4) is 0 Å². The number of nitrogens with one attached hydrogen (secondary N) is 1. The van der Waals surface area contributed by atoms with Crippen LogP contribution in [0, 0.1) is 0 Å². The van der Waals surface area contributed by atoms with Gasteiger partial charge in [-0.2, -0.15) is 0 Å². The minimum Gasteiger partial charge on any atom is -0.353 e. The molecule has 10 rings (SSSR count). The summed E-state index contributed by atoms with van der Waals surface area (Å²) in [6.07, 6.45) is 1.96. The highest BCUT2D eigenvalue weighted by atomic mass is 15.0. The number of H-pyrrole nitrogens is 1. The minimum absolute atomic E-state index is 0.930. The molecular weight excluding hydrogens is 488 g/mol. The van der Waals surface area contributed by atoms with E-state index in [1.807, 2.05) is 0 Å². The molecule has 4 heteroatoms. The summed E-state index contributed by atoms with van der Waals surface area (Å²) >= 11 is 0. The fourth-order valence-corrected chi connectivity index (χ4v) is 7.11. The van der Waals surface area contributed by atoms with Crippen molar-refractivity contribution in [3.8, 4) is 0 Å². The van der Waals surface area contributed by atoms with E-state index in [9.17, 15) is 0 Å². The first-order valence-corrected chi connectivity index (χ1v) is 13.9. The zero-order chi connectivity index (χ0) is 25.9. The Morgan fingerprint density at radius 2 is 1.20 bits per heavy atom. The van der Waals surface area contributed by atoms with Gasteiger partial charge in [0.2, 0.25) is 0 Å². The third-order valence-corrected chi connectivity index (χ3v) is 8.99. The van der Waals surface area contributed by atoms with Gasteiger partial charge in [0.25, 0.3) is 0 Å². The molecule has 186 valence electrons. The number of rotatable bonds is 0. The highest BCUT2D eigenvalue weighted by Crippen LogP contribution is 2.36. The van der Waals surface area contributed by atoms with Crippen LogP contribution in [-0.2, 0) is 12.8 Å². The van der Waals surface area contributed by atoms with Crippen molar-refractivity contribution in [1.29, 1.82) is 0 Å². The SMILES string of the molecule is c1cc2c3ccc4c5ccccc5n(c5ccc6c(n5)c5nc(ccc5CC6)c5cccc6c(c1)c2[nH]c56)c4c3. The van der Waals surface area contributed by atoms with E-state index in [4.69, 9.17) is 9.97 Å². The maximum atomic E-state index is 5.36. The van der Waals surface area contributed by atoms with E-state index < -0.39 is 0 Å². The van der Waals surface area contributed by atoms with E-state index in [2.05, 4.69) is 113 Å². The molecule has 0 aliphatic heterocycles. The molecule has 0 unspecified atom stereocenters.